The van der Waals surface area contributed by atoms with E-state index in [-0.39, 0.29) is 18.1 Å². The Morgan fingerprint density at radius 3 is 2.63 bits per heavy atom. The summed E-state index contributed by atoms with van der Waals surface area (Å²) in [5, 5.41) is 7.31. The molecule has 0 aliphatic rings. The maximum Gasteiger partial charge on any atom is 0.362 e. The minimum Gasteiger partial charge on any atom is -0.464 e. The van der Waals surface area contributed by atoms with Gasteiger partial charge >= 0.3 is 11.9 Å². The van der Waals surface area contributed by atoms with Gasteiger partial charge in [0.05, 0.1) is 13.2 Å². The predicted molar refractivity (Wildman–Crippen MR) is 66.4 cm³/mol. The Morgan fingerprint density at radius 1 is 1.37 bits per heavy atom. The van der Waals surface area contributed by atoms with Gasteiger partial charge in [0.25, 0.3) is 0 Å². The van der Waals surface area contributed by atoms with Gasteiger partial charge in [0.15, 0.2) is 11.9 Å². The summed E-state index contributed by atoms with van der Waals surface area (Å²) in [6, 6.07) is -0.748. The molecule has 1 unspecified atom stereocenters. The molecule has 0 aliphatic heterocycles. The van der Waals surface area contributed by atoms with Crippen LogP contribution in [0.2, 0.25) is 0 Å². The Labute approximate surface area is 110 Å². The summed E-state index contributed by atoms with van der Waals surface area (Å²) >= 11 is 0. The van der Waals surface area contributed by atoms with Gasteiger partial charge in [-0.15, -0.1) is 5.10 Å². The van der Waals surface area contributed by atoms with Crippen LogP contribution < -0.4 is 5.73 Å². The number of anilines is 1. The molecule has 8 nitrogen and oxygen atoms in total. The van der Waals surface area contributed by atoms with Gasteiger partial charge in [-0.1, -0.05) is 12.1 Å². The molecule has 0 saturated heterocycles. The van der Waals surface area contributed by atoms with Gasteiger partial charge in [0.2, 0.25) is 5.69 Å². The fourth-order valence-corrected chi connectivity index (χ4v) is 1.35. The zero-order valence-corrected chi connectivity index (χ0v) is 11.3. The fourth-order valence-electron chi connectivity index (χ4n) is 1.35. The topological polar surface area (TPSA) is 109 Å². The maximum absolute atomic E-state index is 11.7. The van der Waals surface area contributed by atoms with Crippen molar-refractivity contribution in [3.63, 3.8) is 0 Å². The highest BCUT2D eigenvalue weighted by atomic mass is 16.5. The van der Waals surface area contributed by atoms with Crippen LogP contribution in [0.3, 0.4) is 0 Å². The van der Waals surface area contributed by atoms with Crippen molar-refractivity contribution in [3.8, 4) is 0 Å². The lowest BCUT2D eigenvalue weighted by Crippen LogP contribution is -2.22. The van der Waals surface area contributed by atoms with Crippen LogP contribution >= 0.6 is 0 Å². The molecular weight excluding hydrogens is 252 g/mol. The average Bonchev–Trinajstić information content (AvgIpc) is 2.77. The predicted octanol–water partition coefficient (Wildman–Crippen LogP) is 0.551. The second-order valence-electron chi connectivity index (χ2n) is 3.83. The van der Waals surface area contributed by atoms with Gasteiger partial charge in [-0.05, 0) is 20.3 Å². The summed E-state index contributed by atoms with van der Waals surface area (Å²) in [5.74, 6) is -1.16. The highest BCUT2D eigenvalue weighted by Crippen LogP contribution is 2.16. The van der Waals surface area contributed by atoms with Crippen molar-refractivity contribution in [2.24, 2.45) is 0 Å². The first-order valence-corrected chi connectivity index (χ1v) is 6.07. The van der Waals surface area contributed by atoms with Crippen molar-refractivity contribution >= 4 is 17.8 Å². The van der Waals surface area contributed by atoms with E-state index in [2.05, 4.69) is 10.3 Å². The monoisotopic (exact) mass is 270 g/mol. The van der Waals surface area contributed by atoms with E-state index in [1.165, 1.54) is 0 Å². The minimum atomic E-state index is -0.748. The molecule has 1 rings (SSSR count). The Hall–Kier alpha value is -2.12. The van der Waals surface area contributed by atoms with Crippen molar-refractivity contribution in [1.82, 2.24) is 15.0 Å². The first kappa shape index (κ1) is 14.9. The van der Waals surface area contributed by atoms with E-state index in [1.54, 1.807) is 13.8 Å². The lowest BCUT2D eigenvalue weighted by Gasteiger charge is -2.12. The number of carbonyl (C=O) groups is 2. The number of hydrogen-bond donors (Lipinski definition) is 1. The quantitative estimate of drug-likeness (QED) is 0.751. The summed E-state index contributed by atoms with van der Waals surface area (Å²) in [4.78, 5) is 23.2. The first-order valence-electron chi connectivity index (χ1n) is 6.07. The Morgan fingerprint density at radius 2 is 2.05 bits per heavy atom. The highest BCUT2D eigenvalue weighted by Gasteiger charge is 2.25. The molecule has 0 fully saturated rings. The zero-order chi connectivity index (χ0) is 14.4. The minimum absolute atomic E-state index is 0.0144. The molecule has 0 spiro atoms. The Kier molecular flexibility index (Phi) is 5.28. The number of nitrogen functional groups attached to an aromatic ring is 1. The molecule has 19 heavy (non-hydrogen) atoms. The molecule has 1 aromatic heterocycles. The summed E-state index contributed by atoms with van der Waals surface area (Å²) < 4.78 is 10.9. The third-order valence-electron chi connectivity index (χ3n) is 2.36. The number of aromatic nitrogens is 3. The third-order valence-corrected chi connectivity index (χ3v) is 2.36. The first-order chi connectivity index (χ1) is 9.02. The van der Waals surface area contributed by atoms with Crippen LogP contribution in [-0.2, 0) is 14.3 Å². The molecule has 0 amide bonds. The summed E-state index contributed by atoms with van der Waals surface area (Å²) in [7, 11) is 0. The van der Waals surface area contributed by atoms with Crippen LogP contribution in [0.5, 0.6) is 0 Å². The molecule has 0 bridgehead atoms. The highest BCUT2D eigenvalue weighted by molar-refractivity contribution is 5.92. The molecule has 1 heterocycles. The molecule has 0 aromatic carbocycles. The lowest BCUT2D eigenvalue weighted by molar-refractivity contribution is -0.147. The normalized spacial score (nSPS) is 11.9. The summed E-state index contributed by atoms with van der Waals surface area (Å²) in [5.41, 5.74) is 5.63. The van der Waals surface area contributed by atoms with Crippen LogP contribution in [-0.4, -0.2) is 40.1 Å². The van der Waals surface area contributed by atoms with Crippen LogP contribution in [0, 0.1) is 0 Å². The standard InChI is InChI=1S/C11H18N4O4/c1-4-6-19-10(16)7(3)15-9(12)8(13-14-15)11(17)18-5-2/h7H,4-6,12H2,1-3H3. The molecule has 0 aliphatic carbocycles. The van der Waals surface area contributed by atoms with Gasteiger partial charge < -0.3 is 15.2 Å². The fraction of sp³-hybridized carbons (Fsp3) is 0.636. The Balaban J connectivity index is 2.85. The second kappa shape index (κ2) is 6.72. The van der Waals surface area contributed by atoms with Gasteiger partial charge in [0, 0.05) is 0 Å². The van der Waals surface area contributed by atoms with Crippen molar-refractivity contribution < 1.29 is 19.1 Å². The van der Waals surface area contributed by atoms with Crippen molar-refractivity contribution in [2.45, 2.75) is 33.2 Å². The molecule has 2 N–H and O–H groups in total. The number of esters is 2. The molecule has 1 aromatic rings. The van der Waals surface area contributed by atoms with Gasteiger partial charge in [-0.25, -0.2) is 14.3 Å². The van der Waals surface area contributed by atoms with Crippen molar-refractivity contribution in [2.75, 3.05) is 18.9 Å². The molecule has 0 saturated carbocycles. The van der Waals surface area contributed by atoms with E-state index in [1.807, 2.05) is 6.92 Å². The summed E-state index contributed by atoms with van der Waals surface area (Å²) in [6.45, 7) is 5.66. The molecule has 1 atom stereocenters. The molecular formula is C11H18N4O4. The number of rotatable bonds is 6. The lowest BCUT2D eigenvalue weighted by atomic mass is 10.3. The van der Waals surface area contributed by atoms with Crippen molar-refractivity contribution in [3.05, 3.63) is 5.69 Å². The Bertz CT molecular complexity index is 458. The van der Waals surface area contributed by atoms with Crippen LogP contribution in [0.1, 0.15) is 43.7 Å². The smallest absolute Gasteiger partial charge is 0.362 e. The third kappa shape index (κ3) is 3.43. The van der Waals surface area contributed by atoms with Crippen LogP contribution in [0.15, 0.2) is 0 Å². The molecule has 106 valence electrons. The number of hydrogen-bond acceptors (Lipinski definition) is 7. The second-order valence-corrected chi connectivity index (χ2v) is 3.83. The average molecular weight is 270 g/mol. The number of nitrogens with two attached hydrogens (primary N) is 1. The van der Waals surface area contributed by atoms with E-state index in [0.717, 1.165) is 11.1 Å². The van der Waals surface area contributed by atoms with Gasteiger partial charge in [-0.2, -0.15) is 0 Å². The van der Waals surface area contributed by atoms with Crippen LogP contribution in [0.4, 0.5) is 5.82 Å². The van der Waals surface area contributed by atoms with E-state index in [9.17, 15) is 9.59 Å². The van der Waals surface area contributed by atoms with E-state index in [0.29, 0.717) is 6.61 Å². The molecule has 0 radical (unpaired) electrons. The van der Waals surface area contributed by atoms with E-state index in [4.69, 9.17) is 15.2 Å². The van der Waals surface area contributed by atoms with Gasteiger partial charge in [-0.3, -0.25) is 0 Å². The maximum atomic E-state index is 11.7. The zero-order valence-electron chi connectivity index (χ0n) is 11.3. The van der Waals surface area contributed by atoms with E-state index >= 15 is 0 Å². The number of nitrogens with zero attached hydrogens (tertiary/aromatic N) is 3. The van der Waals surface area contributed by atoms with Crippen molar-refractivity contribution in [1.29, 1.82) is 0 Å². The van der Waals surface area contributed by atoms with Crippen LogP contribution in [0.25, 0.3) is 0 Å². The number of ether oxygens (including phenoxy) is 2. The largest absolute Gasteiger partial charge is 0.464 e. The van der Waals surface area contributed by atoms with E-state index < -0.39 is 18.0 Å². The summed E-state index contributed by atoms with van der Waals surface area (Å²) in [6.07, 6.45) is 0.722. The SMILES string of the molecule is CCCOC(=O)C(C)n1nnc(C(=O)OCC)c1N. The number of carbonyl (C=O) groups excluding carboxylic acids is 2. The van der Waals surface area contributed by atoms with Gasteiger partial charge in [0.1, 0.15) is 0 Å². The molecule has 8 heteroatoms.